The third kappa shape index (κ3) is 3.61. The van der Waals surface area contributed by atoms with Gasteiger partial charge in [0, 0.05) is 31.9 Å². The van der Waals surface area contributed by atoms with Gasteiger partial charge < -0.3 is 14.4 Å². The van der Waals surface area contributed by atoms with Crippen molar-refractivity contribution in [2.45, 2.75) is 11.8 Å². The van der Waals surface area contributed by atoms with Gasteiger partial charge in [-0.15, -0.1) is 0 Å². The highest BCUT2D eigenvalue weighted by Crippen LogP contribution is 2.23. The zero-order chi connectivity index (χ0) is 18.7. The number of rotatable bonds is 4. The SMILES string of the molecule is CCOC(=O)N1CCN(S(=O)(=O)c2ccc(N3CCOC3=O)cc2)CC1. The predicted octanol–water partition coefficient (Wildman–Crippen LogP) is 1.11. The number of nitrogens with zero attached hydrogens (tertiary/aromatic N) is 3. The Labute approximate surface area is 152 Å². The van der Waals surface area contributed by atoms with E-state index in [0.29, 0.717) is 18.8 Å². The standard InChI is InChI=1S/C16H21N3O6S/c1-2-24-15(20)17-7-9-18(10-8-17)26(22,23)14-5-3-13(4-6-14)19-11-12-25-16(19)21/h3-6H,2,7-12H2,1H3. The van der Waals surface area contributed by atoms with E-state index in [2.05, 4.69) is 0 Å². The van der Waals surface area contributed by atoms with E-state index in [-0.39, 0.29) is 37.7 Å². The normalized spacial score (nSPS) is 18.7. The highest BCUT2D eigenvalue weighted by atomic mass is 32.2. The highest BCUT2D eigenvalue weighted by Gasteiger charge is 2.31. The first-order valence-electron chi connectivity index (χ1n) is 8.39. The third-order valence-electron chi connectivity index (χ3n) is 4.31. The topological polar surface area (TPSA) is 96.5 Å². The van der Waals surface area contributed by atoms with Crippen LogP contribution in [0.5, 0.6) is 0 Å². The second-order valence-corrected chi connectivity index (χ2v) is 7.79. The summed E-state index contributed by atoms with van der Waals surface area (Å²) < 4.78 is 36.7. The quantitative estimate of drug-likeness (QED) is 0.773. The number of sulfonamides is 1. The van der Waals surface area contributed by atoms with Crippen LogP contribution in [0.1, 0.15) is 6.92 Å². The van der Waals surface area contributed by atoms with Crippen molar-refractivity contribution < 1.29 is 27.5 Å². The van der Waals surface area contributed by atoms with E-state index in [9.17, 15) is 18.0 Å². The minimum absolute atomic E-state index is 0.151. The fraction of sp³-hybridized carbons (Fsp3) is 0.500. The summed E-state index contributed by atoms with van der Waals surface area (Å²) in [5, 5.41) is 0. The zero-order valence-corrected chi connectivity index (χ0v) is 15.3. The van der Waals surface area contributed by atoms with Crippen molar-refractivity contribution in [3.8, 4) is 0 Å². The summed E-state index contributed by atoms with van der Waals surface area (Å²) in [5.74, 6) is 0. The van der Waals surface area contributed by atoms with Crippen molar-refractivity contribution >= 4 is 27.9 Å². The first kappa shape index (κ1) is 18.5. The number of hydrogen-bond donors (Lipinski definition) is 0. The molecule has 1 aromatic carbocycles. The molecule has 0 N–H and O–H groups in total. The predicted molar refractivity (Wildman–Crippen MR) is 92.5 cm³/mol. The molecule has 2 saturated heterocycles. The molecular formula is C16H21N3O6S. The molecule has 0 saturated carbocycles. The number of benzene rings is 1. The molecule has 2 amide bonds. The van der Waals surface area contributed by atoms with Crippen LogP contribution in [0.3, 0.4) is 0 Å². The van der Waals surface area contributed by atoms with Crippen LogP contribution in [-0.2, 0) is 19.5 Å². The Morgan fingerprint density at radius 1 is 1.12 bits per heavy atom. The fourth-order valence-corrected chi connectivity index (χ4v) is 4.32. The summed E-state index contributed by atoms with van der Waals surface area (Å²) in [6.45, 7) is 3.77. The van der Waals surface area contributed by atoms with Crippen LogP contribution in [0.2, 0.25) is 0 Å². The average Bonchev–Trinajstić information content (AvgIpc) is 3.08. The second kappa shape index (κ2) is 7.50. The number of hydrogen-bond acceptors (Lipinski definition) is 6. The van der Waals surface area contributed by atoms with Crippen LogP contribution < -0.4 is 4.90 Å². The summed E-state index contributed by atoms with van der Waals surface area (Å²) in [4.78, 5) is 26.4. The molecule has 0 aliphatic carbocycles. The molecule has 142 valence electrons. The molecule has 2 heterocycles. The largest absolute Gasteiger partial charge is 0.450 e. The first-order valence-corrected chi connectivity index (χ1v) is 9.83. The Kier molecular flexibility index (Phi) is 5.33. The summed E-state index contributed by atoms with van der Waals surface area (Å²) in [5.41, 5.74) is 0.596. The van der Waals surface area contributed by atoms with E-state index < -0.39 is 22.2 Å². The minimum Gasteiger partial charge on any atom is -0.450 e. The van der Waals surface area contributed by atoms with Crippen molar-refractivity contribution in [3.63, 3.8) is 0 Å². The Bertz CT molecular complexity index is 772. The van der Waals surface area contributed by atoms with Crippen molar-refractivity contribution in [2.75, 3.05) is 50.8 Å². The van der Waals surface area contributed by atoms with Gasteiger partial charge in [-0.2, -0.15) is 4.31 Å². The summed E-state index contributed by atoms with van der Waals surface area (Å²) in [6.07, 6.45) is -0.859. The lowest BCUT2D eigenvalue weighted by Gasteiger charge is -2.33. The third-order valence-corrected chi connectivity index (χ3v) is 6.22. The maximum Gasteiger partial charge on any atom is 0.414 e. The van der Waals surface area contributed by atoms with E-state index >= 15 is 0 Å². The average molecular weight is 383 g/mol. The van der Waals surface area contributed by atoms with Crippen molar-refractivity contribution in [3.05, 3.63) is 24.3 Å². The van der Waals surface area contributed by atoms with E-state index in [1.54, 1.807) is 19.1 Å². The van der Waals surface area contributed by atoms with Crippen LogP contribution in [0, 0.1) is 0 Å². The molecule has 3 rings (SSSR count). The molecule has 0 aromatic heterocycles. The number of cyclic esters (lactones) is 1. The molecule has 0 spiro atoms. The van der Waals surface area contributed by atoms with Crippen molar-refractivity contribution in [1.82, 2.24) is 9.21 Å². The summed E-state index contributed by atoms with van der Waals surface area (Å²) in [6, 6.07) is 6.14. The van der Waals surface area contributed by atoms with E-state index in [1.165, 1.54) is 26.2 Å². The Hall–Kier alpha value is -2.33. The zero-order valence-electron chi connectivity index (χ0n) is 14.5. The molecule has 0 unspecified atom stereocenters. The van der Waals surface area contributed by atoms with Crippen LogP contribution in [0.15, 0.2) is 29.2 Å². The highest BCUT2D eigenvalue weighted by molar-refractivity contribution is 7.89. The Morgan fingerprint density at radius 3 is 2.31 bits per heavy atom. The van der Waals surface area contributed by atoms with Crippen LogP contribution in [0.25, 0.3) is 0 Å². The number of carbonyl (C=O) groups excluding carboxylic acids is 2. The maximum atomic E-state index is 12.8. The molecule has 0 atom stereocenters. The molecule has 2 aliphatic heterocycles. The van der Waals surface area contributed by atoms with Gasteiger partial charge in [-0.3, -0.25) is 4.90 Å². The maximum absolute atomic E-state index is 12.8. The van der Waals surface area contributed by atoms with Gasteiger partial charge in [0.1, 0.15) is 6.61 Å². The van der Waals surface area contributed by atoms with Gasteiger partial charge >= 0.3 is 12.2 Å². The van der Waals surface area contributed by atoms with Gasteiger partial charge in [-0.25, -0.2) is 18.0 Å². The second-order valence-electron chi connectivity index (χ2n) is 5.85. The van der Waals surface area contributed by atoms with Crippen LogP contribution in [-0.4, -0.2) is 75.7 Å². The Morgan fingerprint density at radius 2 is 1.77 bits per heavy atom. The molecule has 0 bridgehead atoms. The smallest absolute Gasteiger partial charge is 0.414 e. The summed E-state index contributed by atoms with van der Waals surface area (Å²) >= 11 is 0. The molecule has 0 radical (unpaired) electrons. The lowest BCUT2D eigenvalue weighted by Crippen LogP contribution is -2.50. The molecular weight excluding hydrogens is 362 g/mol. The molecule has 26 heavy (non-hydrogen) atoms. The number of piperazine rings is 1. The van der Waals surface area contributed by atoms with E-state index in [1.807, 2.05) is 0 Å². The van der Waals surface area contributed by atoms with Gasteiger partial charge in [-0.05, 0) is 31.2 Å². The van der Waals surface area contributed by atoms with Gasteiger partial charge in [0.15, 0.2) is 0 Å². The number of carbonyl (C=O) groups is 2. The van der Waals surface area contributed by atoms with Gasteiger partial charge in [0.2, 0.25) is 10.0 Å². The minimum atomic E-state index is -3.66. The van der Waals surface area contributed by atoms with Crippen molar-refractivity contribution in [1.29, 1.82) is 0 Å². The van der Waals surface area contributed by atoms with Gasteiger partial charge in [-0.1, -0.05) is 0 Å². The molecule has 2 fully saturated rings. The van der Waals surface area contributed by atoms with Crippen LogP contribution in [0.4, 0.5) is 15.3 Å². The van der Waals surface area contributed by atoms with Crippen LogP contribution >= 0.6 is 0 Å². The fourth-order valence-electron chi connectivity index (χ4n) is 2.90. The summed E-state index contributed by atoms with van der Waals surface area (Å²) in [7, 11) is -3.66. The first-order chi connectivity index (χ1) is 12.4. The van der Waals surface area contributed by atoms with Gasteiger partial charge in [0.25, 0.3) is 0 Å². The Balaban J connectivity index is 1.67. The van der Waals surface area contributed by atoms with E-state index in [4.69, 9.17) is 9.47 Å². The van der Waals surface area contributed by atoms with Gasteiger partial charge in [0.05, 0.1) is 18.0 Å². The number of anilines is 1. The van der Waals surface area contributed by atoms with Crippen molar-refractivity contribution in [2.24, 2.45) is 0 Å². The monoisotopic (exact) mass is 383 g/mol. The number of amides is 2. The van der Waals surface area contributed by atoms with E-state index in [0.717, 1.165) is 0 Å². The molecule has 9 nitrogen and oxygen atoms in total. The molecule has 2 aliphatic rings. The number of ether oxygens (including phenoxy) is 2. The molecule has 10 heteroatoms. The lowest BCUT2D eigenvalue weighted by atomic mass is 10.3. The molecule has 1 aromatic rings. The lowest BCUT2D eigenvalue weighted by molar-refractivity contribution is 0.0934.